The first-order chi connectivity index (χ1) is 7.88. The Bertz CT molecular complexity index is 530. The summed E-state index contributed by atoms with van der Waals surface area (Å²) in [5.41, 5.74) is -1.27. The van der Waals surface area contributed by atoms with E-state index < -0.39 is 29.3 Å². The molecule has 0 saturated heterocycles. The van der Waals surface area contributed by atoms with E-state index in [1.54, 1.807) is 0 Å². The predicted molar refractivity (Wildman–Crippen MR) is 51.9 cm³/mol. The van der Waals surface area contributed by atoms with Crippen LogP contribution in [0.3, 0.4) is 0 Å². The van der Waals surface area contributed by atoms with E-state index in [1.807, 2.05) is 6.07 Å². The van der Waals surface area contributed by atoms with Gasteiger partial charge in [0.05, 0.1) is 17.2 Å². The number of carbonyl (C=O) groups is 1. The molecule has 3 nitrogen and oxygen atoms in total. The summed E-state index contributed by atoms with van der Waals surface area (Å²) in [6, 6.07) is 4.31. The minimum atomic E-state index is -4.59. The molecule has 6 heteroatoms. The zero-order chi connectivity index (χ0) is 12.8. The first-order valence-electron chi connectivity index (χ1n) is 4.75. The van der Waals surface area contributed by atoms with Crippen molar-refractivity contribution in [2.45, 2.75) is 12.2 Å². The highest BCUT2D eigenvalue weighted by Gasteiger charge is 2.43. The molecule has 88 valence electrons. The molecular formula is C11H7F3N2O. The largest absolute Gasteiger partial charge is 0.417 e. The third kappa shape index (κ3) is 1.55. The van der Waals surface area contributed by atoms with Gasteiger partial charge in [-0.2, -0.15) is 18.4 Å². The van der Waals surface area contributed by atoms with Gasteiger partial charge in [0.2, 0.25) is 0 Å². The van der Waals surface area contributed by atoms with Gasteiger partial charge in [-0.3, -0.25) is 4.79 Å². The van der Waals surface area contributed by atoms with Crippen molar-refractivity contribution in [2.24, 2.45) is 0 Å². The van der Waals surface area contributed by atoms with Crippen molar-refractivity contribution in [3.63, 3.8) is 0 Å². The van der Waals surface area contributed by atoms with E-state index in [9.17, 15) is 18.0 Å². The van der Waals surface area contributed by atoms with Crippen molar-refractivity contribution in [1.29, 1.82) is 5.26 Å². The summed E-state index contributed by atoms with van der Waals surface area (Å²) in [7, 11) is 1.32. The van der Waals surface area contributed by atoms with Gasteiger partial charge in [0.1, 0.15) is 6.04 Å². The van der Waals surface area contributed by atoms with E-state index in [-0.39, 0.29) is 5.56 Å². The van der Waals surface area contributed by atoms with Gasteiger partial charge in [-0.25, -0.2) is 0 Å². The van der Waals surface area contributed by atoms with Crippen LogP contribution in [0.5, 0.6) is 0 Å². The molecule has 1 amide bonds. The number of hydrogen-bond acceptors (Lipinski definition) is 2. The molecule has 2 rings (SSSR count). The van der Waals surface area contributed by atoms with Gasteiger partial charge in [-0.15, -0.1) is 0 Å². The second-order valence-corrected chi connectivity index (χ2v) is 3.72. The Balaban J connectivity index is 2.71. The molecule has 1 atom stereocenters. The lowest BCUT2D eigenvalue weighted by atomic mass is 10.00. The van der Waals surface area contributed by atoms with Crippen LogP contribution in [0.4, 0.5) is 13.2 Å². The minimum Gasteiger partial charge on any atom is -0.322 e. The Kier molecular flexibility index (Phi) is 2.35. The normalized spacial score (nSPS) is 19.1. The van der Waals surface area contributed by atoms with Gasteiger partial charge in [0.25, 0.3) is 5.91 Å². The molecule has 1 aliphatic rings. The van der Waals surface area contributed by atoms with Gasteiger partial charge in [0.15, 0.2) is 0 Å². The Hall–Kier alpha value is -2.03. The average Bonchev–Trinajstić information content (AvgIpc) is 2.50. The van der Waals surface area contributed by atoms with Crippen LogP contribution in [0.25, 0.3) is 0 Å². The monoisotopic (exact) mass is 240 g/mol. The second-order valence-electron chi connectivity index (χ2n) is 3.72. The third-order valence-corrected chi connectivity index (χ3v) is 2.74. The fourth-order valence-electron chi connectivity index (χ4n) is 1.93. The zero-order valence-electron chi connectivity index (χ0n) is 8.75. The molecule has 0 spiro atoms. The smallest absolute Gasteiger partial charge is 0.322 e. The predicted octanol–water partition coefficient (Wildman–Crippen LogP) is 2.36. The Morgan fingerprint density at radius 2 is 2.06 bits per heavy atom. The third-order valence-electron chi connectivity index (χ3n) is 2.74. The van der Waals surface area contributed by atoms with Gasteiger partial charge in [-0.1, -0.05) is 12.1 Å². The summed E-state index contributed by atoms with van der Waals surface area (Å²) in [6.45, 7) is 0. The summed E-state index contributed by atoms with van der Waals surface area (Å²) in [6.07, 6.45) is -4.59. The number of alkyl halides is 3. The van der Waals surface area contributed by atoms with Crippen LogP contribution in [-0.2, 0) is 6.18 Å². The summed E-state index contributed by atoms with van der Waals surface area (Å²) in [4.78, 5) is 12.7. The van der Waals surface area contributed by atoms with Crippen molar-refractivity contribution >= 4 is 5.91 Å². The highest BCUT2D eigenvalue weighted by atomic mass is 19.4. The number of rotatable bonds is 0. The number of carbonyl (C=O) groups excluding carboxylic acids is 1. The lowest BCUT2D eigenvalue weighted by Gasteiger charge is -2.12. The number of amides is 1. The van der Waals surface area contributed by atoms with Crippen LogP contribution in [0.2, 0.25) is 0 Å². The lowest BCUT2D eigenvalue weighted by Crippen LogP contribution is -2.23. The van der Waals surface area contributed by atoms with Crippen LogP contribution >= 0.6 is 0 Å². The van der Waals surface area contributed by atoms with Crippen molar-refractivity contribution in [3.05, 3.63) is 34.9 Å². The summed E-state index contributed by atoms with van der Waals surface area (Å²) in [5, 5.41) is 8.87. The van der Waals surface area contributed by atoms with E-state index in [0.29, 0.717) is 0 Å². The molecule has 1 unspecified atom stereocenters. The summed E-state index contributed by atoms with van der Waals surface area (Å²) < 4.78 is 38.2. The molecule has 0 saturated carbocycles. The molecule has 0 fully saturated rings. The highest BCUT2D eigenvalue weighted by molar-refractivity contribution is 6.01. The van der Waals surface area contributed by atoms with Gasteiger partial charge in [0, 0.05) is 12.6 Å². The maximum absolute atomic E-state index is 12.7. The number of nitriles is 1. The van der Waals surface area contributed by atoms with Crippen LogP contribution in [0.15, 0.2) is 18.2 Å². The molecule has 0 N–H and O–H groups in total. The molecule has 1 aromatic carbocycles. The number of nitrogens with zero attached hydrogens (tertiary/aromatic N) is 2. The van der Waals surface area contributed by atoms with Crippen LogP contribution < -0.4 is 0 Å². The van der Waals surface area contributed by atoms with Crippen LogP contribution in [0, 0.1) is 11.3 Å². The standard InChI is InChI=1S/C11H7F3N2O/c1-16-8(5-15)6-3-2-4-7(11(12,13)14)9(6)10(16)17/h2-4,8H,1H3. The first kappa shape index (κ1) is 11.5. The minimum absolute atomic E-state index is 0.120. The fourth-order valence-corrected chi connectivity index (χ4v) is 1.93. The average molecular weight is 240 g/mol. The number of benzene rings is 1. The molecule has 0 aromatic heterocycles. The highest BCUT2D eigenvalue weighted by Crippen LogP contribution is 2.40. The van der Waals surface area contributed by atoms with E-state index in [2.05, 4.69) is 0 Å². The number of hydrogen-bond donors (Lipinski definition) is 0. The van der Waals surface area contributed by atoms with Crippen molar-refractivity contribution in [3.8, 4) is 6.07 Å². The molecule has 0 aliphatic carbocycles. The van der Waals surface area contributed by atoms with Crippen molar-refractivity contribution in [1.82, 2.24) is 4.90 Å². The maximum Gasteiger partial charge on any atom is 0.417 e. The molecule has 1 aliphatic heterocycles. The molecule has 17 heavy (non-hydrogen) atoms. The topological polar surface area (TPSA) is 44.1 Å². The van der Waals surface area contributed by atoms with E-state index in [0.717, 1.165) is 11.0 Å². The van der Waals surface area contributed by atoms with Crippen molar-refractivity contribution in [2.75, 3.05) is 7.05 Å². The summed E-state index contributed by atoms with van der Waals surface area (Å²) in [5.74, 6) is -0.764. The van der Waals surface area contributed by atoms with Crippen LogP contribution in [-0.4, -0.2) is 17.9 Å². The molecule has 0 radical (unpaired) electrons. The first-order valence-corrected chi connectivity index (χ1v) is 4.75. The molecular weight excluding hydrogens is 233 g/mol. The van der Waals surface area contributed by atoms with Gasteiger partial charge in [-0.05, 0) is 6.07 Å². The summed E-state index contributed by atoms with van der Waals surface area (Å²) >= 11 is 0. The van der Waals surface area contributed by atoms with E-state index >= 15 is 0 Å². The maximum atomic E-state index is 12.7. The molecule has 1 aromatic rings. The van der Waals surface area contributed by atoms with E-state index in [1.165, 1.54) is 19.2 Å². The molecule has 1 heterocycles. The quantitative estimate of drug-likeness (QED) is 0.698. The SMILES string of the molecule is CN1C(=O)c2c(cccc2C(F)(F)F)C1C#N. The Morgan fingerprint density at radius 3 is 2.59 bits per heavy atom. The Morgan fingerprint density at radius 1 is 1.41 bits per heavy atom. The number of halogens is 3. The lowest BCUT2D eigenvalue weighted by molar-refractivity contribution is -0.137. The molecule has 0 bridgehead atoms. The van der Waals surface area contributed by atoms with E-state index in [4.69, 9.17) is 5.26 Å². The second kappa shape index (κ2) is 3.48. The zero-order valence-corrected chi connectivity index (χ0v) is 8.75. The van der Waals surface area contributed by atoms with Crippen molar-refractivity contribution < 1.29 is 18.0 Å². The van der Waals surface area contributed by atoms with Crippen LogP contribution in [0.1, 0.15) is 27.5 Å². The number of fused-ring (bicyclic) bond motifs is 1. The fraction of sp³-hybridized carbons (Fsp3) is 0.273. The van der Waals surface area contributed by atoms with Gasteiger partial charge >= 0.3 is 6.18 Å². The van der Waals surface area contributed by atoms with Gasteiger partial charge < -0.3 is 4.90 Å². The Labute approximate surface area is 95.1 Å².